The molecule has 0 radical (unpaired) electrons. The van der Waals surface area contributed by atoms with Crippen LogP contribution in [0.2, 0.25) is 0 Å². The van der Waals surface area contributed by atoms with Crippen LogP contribution in [0.15, 0.2) is 12.1 Å². The van der Waals surface area contributed by atoms with Gasteiger partial charge in [-0.2, -0.15) is 13.2 Å². The van der Waals surface area contributed by atoms with Gasteiger partial charge in [-0.05, 0) is 44.2 Å². The zero-order valence-electron chi connectivity index (χ0n) is 11.1. The lowest BCUT2D eigenvalue weighted by molar-refractivity contribution is -0.187. The van der Waals surface area contributed by atoms with Crippen molar-refractivity contribution in [2.75, 3.05) is 0 Å². The van der Waals surface area contributed by atoms with Crippen LogP contribution in [0.4, 0.5) is 13.2 Å². The van der Waals surface area contributed by atoms with Gasteiger partial charge in [-0.1, -0.05) is 13.3 Å². The molecule has 2 atom stereocenters. The van der Waals surface area contributed by atoms with E-state index < -0.39 is 17.6 Å². The molecule has 2 N–H and O–H groups in total. The molecular weight excluding hydrogens is 271 g/mol. The van der Waals surface area contributed by atoms with Crippen LogP contribution >= 0.6 is 11.3 Å². The number of rotatable bonds is 3. The Morgan fingerprint density at radius 3 is 2.63 bits per heavy atom. The number of hydrogen-bond acceptors (Lipinski definition) is 2. The van der Waals surface area contributed by atoms with Crippen LogP contribution < -0.4 is 5.73 Å². The molecular formula is C14H20F3NS. The van der Waals surface area contributed by atoms with Gasteiger partial charge in [-0.25, -0.2) is 0 Å². The highest BCUT2D eigenvalue weighted by Crippen LogP contribution is 2.42. The van der Waals surface area contributed by atoms with E-state index in [1.165, 1.54) is 4.88 Å². The van der Waals surface area contributed by atoms with Gasteiger partial charge >= 0.3 is 6.18 Å². The molecule has 0 saturated heterocycles. The quantitative estimate of drug-likeness (QED) is 0.882. The number of alkyl halides is 3. The predicted molar refractivity (Wildman–Crippen MR) is 72.3 cm³/mol. The van der Waals surface area contributed by atoms with Gasteiger partial charge in [0.1, 0.15) is 0 Å². The molecule has 1 fully saturated rings. The molecule has 19 heavy (non-hydrogen) atoms. The van der Waals surface area contributed by atoms with Crippen LogP contribution in [0.1, 0.15) is 42.4 Å². The Kier molecular flexibility index (Phi) is 4.26. The second-order valence-electron chi connectivity index (χ2n) is 5.60. The summed E-state index contributed by atoms with van der Waals surface area (Å²) in [6.07, 6.45) is -0.999. The Bertz CT molecular complexity index is 427. The summed E-state index contributed by atoms with van der Waals surface area (Å²) in [4.78, 5) is 2.38. The van der Waals surface area contributed by atoms with Crippen molar-refractivity contribution in [1.82, 2.24) is 0 Å². The first-order valence-corrected chi connectivity index (χ1v) is 7.57. The average Bonchev–Trinajstić information content (AvgIpc) is 2.75. The lowest BCUT2D eigenvalue weighted by Crippen LogP contribution is -2.48. The first-order valence-electron chi connectivity index (χ1n) is 6.75. The molecule has 1 aliphatic carbocycles. The number of aryl methyl sites for hydroxylation is 1. The van der Waals surface area contributed by atoms with Crippen molar-refractivity contribution in [2.24, 2.45) is 11.7 Å². The van der Waals surface area contributed by atoms with Crippen molar-refractivity contribution in [3.05, 3.63) is 21.9 Å². The fraction of sp³-hybridized carbons (Fsp3) is 0.714. The maximum absolute atomic E-state index is 12.8. The molecule has 0 amide bonds. The summed E-state index contributed by atoms with van der Waals surface area (Å²) in [6.45, 7) is 2.08. The van der Waals surface area contributed by atoms with Crippen LogP contribution in [0.25, 0.3) is 0 Å². The van der Waals surface area contributed by atoms with Crippen molar-refractivity contribution in [1.29, 1.82) is 0 Å². The molecule has 108 valence electrons. The number of nitrogens with two attached hydrogens (primary N) is 1. The van der Waals surface area contributed by atoms with E-state index in [0.717, 1.165) is 11.3 Å². The highest BCUT2D eigenvalue weighted by atomic mass is 32.1. The Labute approximate surface area is 116 Å². The summed E-state index contributed by atoms with van der Waals surface area (Å²) in [5.41, 5.74) is 5.55. The minimum atomic E-state index is -4.10. The van der Waals surface area contributed by atoms with E-state index in [0.29, 0.717) is 19.3 Å². The van der Waals surface area contributed by atoms with Crippen molar-refractivity contribution in [3.8, 4) is 0 Å². The van der Waals surface area contributed by atoms with Crippen LogP contribution in [0.3, 0.4) is 0 Å². The van der Waals surface area contributed by atoms with E-state index in [9.17, 15) is 13.2 Å². The second-order valence-corrected chi connectivity index (χ2v) is 6.85. The second kappa shape index (κ2) is 5.44. The van der Waals surface area contributed by atoms with E-state index in [2.05, 4.69) is 6.92 Å². The van der Waals surface area contributed by atoms with E-state index in [4.69, 9.17) is 5.73 Å². The third-order valence-corrected chi connectivity index (χ3v) is 5.16. The van der Waals surface area contributed by atoms with Crippen molar-refractivity contribution >= 4 is 11.3 Å². The molecule has 2 unspecified atom stereocenters. The van der Waals surface area contributed by atoms with Gasteiger partial charge in [-0.3, -0.25) is 0 Å². The number of thiophene rings is 1. The Morgan fingerprint density at radius 2 is 2.05 bits per heavy atom. The topological polar surface area (TPSA) is 26.0 Å². The Hall–Kier alpha value is -0.550. The first kappa shape index (κ1) is 14.9. The number of hydrogen-bond donors (Lipinski definition) is 1. The summed E-state index contributed by atoms with van der Waals surface area (Å²) in [5, 5.41) is 0. The van der Waals surface area contributed by atoms with Crippen LogP contribution in [-0.4, -0.2) is 11.7 Å². The molecule has 0 aliphatic heterocycles. The van der Waals surface area contributed by atoms with Gasteiger partial charge < -0.3 is 5.73 Å². The minimum absolute atomic E-state index is 0.0653. The third-order valence-electron chi connectivity index (χ3n) is 3.94. The van der Waals surface area contributed by atoms with Crippen LogP contribution in [0, 0.1) is 5.92 Å². The highest BCUT2D eigenvalue weighted by Gasteiger charge is 2.46. The van der Waals surface area contributed by atoms with Gasteiger partial charge in [0.2, 0.25) is 0 Å². The summed E-state index contributed by atoms with van der Waals surface area (Å²) >= 11 is 1.67. The van der Waals surface area contributed by atoms with Crippen molar-refractivity contribution in [3.63, 3.8) is 0 Å². The molecule has 1 aromatic heterocycles. The van der Waals surface area contributed by atoms with Gasteiger partial charge in [0.25, 0.3) is 0 Å². The molecule has 2 rings (SSSR count). The summed E-state index contributed by atoms with van der Waals surface area (Å²) in [6, 6.07) is 4.06. The van der Waals surface area contributed by atoms with E-state index in [-0.39, 0.29) is 12.8 Å². The SMILES string of the molecule is CCc1ccc(CC2(N)CCCC(C(F)(F)F)C2)s1. The Morgan fingerprint density at radius 1 is 1.37 bits per heavy atom. The first-order chi connectivity index (χ1) is 8.82. The fourth-order valence-electron chi connectivity index (χ4n) is 2.89. The van der Waals surface area contributed by atoms with E-state index in [1.54, 1.807) is 11.3 Å². The smallest absolute Gasteiger partial charge is 0.325 e. The zero-order valence-corrected chi connectivity index (χ0v) is 11.9. The zero-order chi connectivity index (χ0) is 14.1. The molecule has 0 bridgehead atoms. The number of halogens is 3. The van der Waals surface area contributed by atoms with Gasteiger partial charge in [0.05, 0.1) is 5.92 Å². The van der Waals surface area contributed by atoms with Crippen molar-refractivity contribution in [2.45, 2.75) is 57.2 Å². The third kappa shape index (κ3) is 3.72. The normalized spacial score (nSPS) is 28.6. The largest absolute Gasteiger partial charge is 0.391 e. The summed E-state index contributed by atoms with van der Waals surface area (Å²) < 4.78 is 38.5. The summed E-state index contributed by atoms with van der Waals surface area (Å²) in [7, 11) is 0. The fourth-order valence-corrected chi connectivity index (χ4v) is 4.00. The van der Waals surface area contributed by atoms with Gasteiger partial charge in [0.15, 0.2) is 0 Å². The van der Waals surface area contributed by atoms with E-state index >= 15 is 0 Å². The summed E-state index contributed by atoms with van der Waals surface area (Å²) in [5.74, 6) is -1.23. The average molecular weight is 291 g/mol. The molecule has 1 nitrogen and oxygen atoms in total. The van der Waals surface area contributed by atoms with E-state index in [1.807, 2.05) is 12.1 Å². The highest BCUT2D eigenvalue weighted by molar-refractivity contribution is 7.12. The lowest BCUT2D eigenvalue weighted by atomic mass is 9.74. The minimum Gasteiger partial charge on any atom is -0.325 e. The molecule has 0 spiro atoms. The van der Waals surface area contributed by atoms with Crippen molar-refractivity contribution < 1.29 is 13.2 Å². The predicted octanol–water partition coefficient (Wildman–Crippen LogP) is 4.30. The molecule has 5 heteroatoms. The maximum atomic E-state index is 12.8. The van der Waals surface area contributed by atoms with Gasteiger partial charge in [0, 0.05) is 15.3 Å². The molecule has 1 aliphatic rings. The van der Waals surface area contributed by atoms with Crippen LogP contribution in [-0.2, 0) is 12.8 Å². The van der Waals surface area contributed by atoms with Crippen LogP contribution in [0.5, 0.6) is 0 Å². The lowest BCUT2D eigenvalue weighted by Gasteiger charge is -2.38. The Balaban J connectivity index is 2.05. The molecule has 1 heterocycles. The molecule has 1 aromatic rings. The molecule has 1 saturated carbocycles. The maximum Gasteiger partial charge on any atom is 0.391 e. The van der Waals surface area contributed by atoms with Gasteiger partial charge in [-0.15, -0.1) is 11.3 Å². The standard InChI is InChI=1S/C14H20F3NS/c1-2-11-5-6-12(19-11)9-13(18)7-3-4-10(8-13)14(15,16)17/h5-6,10H,2-4,7-9,18H2,1H3. The monoisotopic (exact) mass is 291 g/mol. The molecule has 0 aromatic carbocycles.